The Hall–Kier alpha value is -1.85. The van der Waals surface area contributed by atoms with Crippen LogP contribution in [0.1, 0.15) is 58.6 Å². The third-order valence-corrected chi connectivity index (χ3v) is 5.76. The first kappa shape index (κ1) is 22.4. The summed E-state index contributed by atoms with van der Waals surface area (Å²) in [6, 6.07) is 11.7. The van der Waals surface area contributed by atoms with E-state index in [1.54, 1.807) is 0 Å². The summed E-state index contributed by atoms with van der Waals surface area (Å²) in [4.78, 5) is 0. The number of aliphatic hydroxyl groups is 1. The van der Waals surface area contributed by atoms with Gasteiger partial charge in [0.25, 0.3) is 0 Å². The molecule has 0 radical (unpaired) electrons. The molecule has 0 heterocycles. The van der Waals surface area contributed by atoms with Crippen LogP contribution in [0.2, 0.25) is 0 Å². The molecule has 2 unspecified atom stereocenters. The van der Waals surface area contributed by atoms with Crippen LogP contribution >= 0.6 is 0 Å². The fourth-order valence-corrected chi connectivity index (χ4v) is 3.48. The lowest BCUT2D eigenvalue weighted by molar-refractivity contribution is -0.301. The van der Waals surface area contributed by atoms with Gasteiger partial charge in [0, 0.05) is 0 Å². The van der Waals surface area contributed by atoms with Crippen molar-refractivity contribution < 1.29 is 23.0 Å². The Morgan fingerprint density at radius 3 is 2.21 bits per heavy atom. The summed E-state index contributed by atoms with van der Waals surface area (Å²) in [5.41, 5.74) is -1.33. The molecule has 1 N–H and O–H groups in total. The van der Waals surface area contributed by atoms with Gasteiger partial charge in [-0.25, -0.2) is 0 Å². The second kappa shape index (κ2) is 7.88. The van der Waals surface area contributed by atoms with Crippen LogP contribution in [0.25, 0.3) is 16.3 Å². The number of ether oxygens (including phenoxy) is 1. The van der Waals surface area contributed by atoms with Crippen LogP contribution in [0.5, 0.6) is 0 Å². The Bertz CT molecular complexity index is 849. The standard InChI is InChI=1S/C23H29F3O2/c1-7-22(8-2,28-16(5)21(6,27)23(24,25)26)20-14-18(15(3)4)13-17-11-9-10-12-19(17)20/h9-14,16,27H,3,7-8H2,1-2,4-6H3. The van der Waals surface area contributed by atoms with Crippen molar-refractivity contribution in [2.45, 2.75) is 70.9 Å². The molecule has 154 valence electrons. The van der Waals surface area contributed by atoms with Crippen LogP contribution in [0.4, 0.5) is 13.2 Å². The van der Waals surface area contributed by atoms with E-state index >= 15 is 0 Å². The van der Waals surface area contributed by atoms with Gasteiger partial charge in [-0.15, -0.1) is 0 Å². The average Bonchev–Trinajstić information content (AvgIpc) is 2.64. The van der Waals surface area contributed by atoms with Gasteiger partial charge >= 0.3 is 6.18 Å². The lowest BCUT2D eigenvalue weighted by Gasteiger charge is -2.41. The Balaban J connectivity index is 2.67. The van der Waals surface area contributed by atoms with Gasteiger partial charge in [-0.3, -0.25) is 0 Å². The van der Waals surface area contributed by atoms with E-state index in [1.165, 1.54) is 6.92 Å². The van der Waals surface area contributed by atoms with Gasteiger partial charge in [0.15, 0.2) is 5.60 Å². The zero-order valence-corrected chi connectivity index (χ0v) is 17.2. The van der Waals surface area contributed by atoms with E-state index in [1.807, 2.05) is 57.2 Å². The molecule has 2 nitrogen and oxygen atoms in total. The van der Waals surface area contributed by atoms with Crippen molar-refractivity contribution in [2.75, 3.05) is 0 Å². The van der Waals surface area contributed by atoms with Crippen molar-refractivity contribution in [3.63, 3.8) is 0 Å². The molecule has 0 aliphatic heterocycles. The smallest absolute Gasteiger partial charge is 0.379 e. The Labute approximate surface area is 165 Å². The summed E-state index contributed by atoms with van der Waals surface area (Å²) >= 11 is 0. The van der Waals surface area contributed by atoms with Crippen LogP contribution in [-0.2, 0) is 10.3 Å². The van der Waals surface area contributed by atoms with E-state index in [0.717, 1.165) is 34.4 Å². The van der Waals surface area contributed by atoms with Crippen LogP contribution in [0, 0.1) is 0 Å². The minimum absolute atomic E-state index is 0.464. The van der Waals surface area contributed by atoms with Crippen molar-refractivity contribution in [3.8, 4) is 0 Å². The van der Waals surface area contributed by atoms with Crippen molar-refractivity contribution >= 4 is 16.3 Å². The summed E-state index contributed by atoms with van der Waals surface area (Å²) < 4.78 is 46.1. The van der Waals surface area contributed by atoms with Crippen molar-refractivity contribution in [1.29, 1.82) is 0 Å². The molecule has 0 fully saturated rings. The Morgan fingerprint density at radius 1 is 1.14 bits per heavy atom. The summed E-state index contributed by atoms with van der Waals surface area (Å²) in [5, 5.41) is 12.0. The molecule has 0 aliphatic rings. The fourth-order valence-electron chi connectivity index (χ4n) is 3.48. The number of fused-ring (bicyclic) bond motifs is 1. The van der Waals surface area contributed by atoms with Crippen molar-refractivity contribution in [3.05, 3.63) is 54.1 Å². The number of halogens is 3. The van der Waals surface area contributed by atoms with Crippen molar-refractivity contribution in [2.24, 2.45) is 0 Å². The van der Waals surface area contributed by atoms with E-state index in [4.69, 9.17) is 4.74 Å². The summed E-state index contributed by atoms with van der Waals surface area (Å²) in [6.07, 6.45) is -5.31. The molecule has 0 saturated heterocycles. The zero-order chi connectivity index (χ0) is 21.3. The second-order valence-electron chi connectivity index (χ2n) is 7.63. The van der Waals surface area contributed by atoms with Crippen LogP contribution in [-0.4, -0.2) is 23.0 Å². The number of allylic oxidation sites excluding steroid dienone is 1. The predicted molar refractivity (Wildman–Crippen MR) is 108 cm³/mol. The molecule has 28 heavy (non-hydrogen) atoms. The molecule has 0 aliphatic carbocycles. The van der Waals surface area contributed by atoms with E-state index in [2.05, 4.69) is 6.58 Å². The third-order valence-electron chi connectivity index (χ3n) is 5.76. The van der Waals surface area contributed by atoms with Gasteiger partial charge in [-0.2, -0.15) is 13.2 Å². The molecule has 2 aromatic rings. The molecule has 0 aromatic heterocycles. The maximum Gasteiger partial charge on any atom is 0.419 e. The van der Waals surface area contributed by atoms with Gasteiger partial charge in [0.05, 0.1) is 11.7 Å². The van der Waals surface area contributed by atoms with Crippen LogP contribution in [0.15, 0.2) is 43.0 Å². The summed E-state index contributed by atoms with van der Waals surface area (Å²) in [6.45, 7) is 11.7. The van der Waals surface area contributed by atoms with Gasteiger partial charge in [0.1, 0.15) is 0 Å². The van der Waals surface area contributed by atoms with Gasteiger partial charge in [-0.1, -0.05) is 50.3 Å². The molecule has 0 amide bonds. The normalized spacial score (nSPS) is 16.0. The Morgan fingerprint density at radius 2 is 1.71 bits per heavy atom. The van der Waals surface area contributed by atoms with E-state index in [0.29, 0.717) is 12.8 Å². The Kier molecular flexibility index (Phi) is 6.31. The first-order valence-electron chi connectivity index (χ1n) is 9.55. The topological polar surface area (TPSA) is 29.5 Å². The number of hydrogen-bond acceptors (Lipinski definition) is 2. The minimum atomic E-state index is -4.79. The third kappa shape index (κ3) is 3.96. The monoisotopic (exact) mass is 394 g/mol. The molecule has 2 aromatic carbocycles. The second-order valence-corrected chi connectivity index (χ2v) is 7.63. The molecule has 2 rings (SSSR count). The van der Waals surface area contributed by atoms with Crippen molar-refractivity contribution in [1.82, 2.24) is 0 Å². The first-order chi connectivity index (χ1) is 12.9. The highest BCUT2D eigenvalue weighted by atomic mass is 19.4. The number of alkyl halides is 3. The highest BCUT2D eigenvalue weighted by molar-refractivity contribution is 5.89. The SMILES string of the molecule is C=C(C)c1cc(C(CC)(CC)OC(C)C(C)(O)C(F)(F)F)c2ccccc2c1. The quantitative estimate of drug-likeness (QED) is 0.573. The largest absolute Gasteiger partial charge is 0.419 e. The molecule has 0 spiro atoms. The minimum Gasteiger partial charge on any atom is -0.379 e. The molecule has 5 heteroatoms. The average molecular weight is 394 g/mol. The van der Waals surface area contributed by atoms with E-state index < -0.39 is 23.5 Å². The zero-order valence-electron chi connectivity index (χ0n) is 17.2. The van der Waals surface area contributed by atoms with Crippen LogP contribution in [0.3, 0.4) is 0 Å². The molecule has 2 atom stereocenters. The molecular formula is C23H29F3O2. The van der Waals surface area contributed by atoms with Crippen LogP contribution < -0.4 is 0 Å². The maximum atomic E-state index is 13.4. The van der Waals surface area contributed by atoms with E-state index in [-0.39, 0.29) is 0 Å². The molecule has 0 bridgehead atoms. The lowest BCUT2D eigenvalue weighted by atomic mass is 9.82. The summed E-state index contributed by atoms with van der Waals surface area (Å²) in [7, 11) is 0. The lowest BCUT2D eigenvalue weighted by Crippen LogP contribution is -2.54. The van der Waals surface area contributed by atoms with Gasteiger partial charge < -0.3 is 9.84 Å². The highest BCUT2D eigenvalue weighted by Crippen LogP contribution is 2.43. The molecular weight excluding hydrogens is 365 g/mol. The number of rotatable bonds is 7. The maximum absolute atomic E-state index is 13.4. The molecule has 0 saturated carbocycles. The van der Waals surface area contributed by atoms with Gasteiger partial charge in [-0.05, 0) is 67.6 Å². The highest BCUT2D eigenvalue weighted by Gasteiger charge is 2.55. The number of hydrogen-bond donors (Lipinski definition) is 1. The van der Waals surface area contributed by atoms with Gasteiger partial charge in [0.2, 0.25) is 0 Å². The number of benzene rings is 2. The predicted octanol–water partition coefficient (Wildman–Crippen LogP) is 6.61. The first-order valence-corrected chi connectivity index (χ1v) is 9.55. The van der Waals surface area contributed by atoms with E-state index in [9.17, 15) is 18.3 Å². The summed E-state index contributed by atoms with van der Waals surface area (Å²) in [5.74, 6) is 0. The fraction of sp³-hybridized carbons (Fsp3) is 0.478.